The molecule has 1 atom stereocenters. The molecule has 98 heavy (non-hydrogen) atoms. The summed E-state index contributed by atoms with van der Waals surface area (Å²) in [7, 11) is 0. The molecular formula is C94H76O4. The van der Waals surface area contributed by atoms with Crippen molar-refractivity contribution in [2.24, 2.45) is 0 Å². The van der Waals surface area contributed by atoms with Crippen LogP contribution in [0, 0.1) is 0 Å². The summed E-state index contributed by atoms with van der Waals surface area (Å²) in [5, 5.41) is 43.3. The molecule has 0 aliphatic rings. The lowest BCUT2D eigenvalue weighted by Crippen LogP contribution is -2.03. The van der Waals surface area contributed by atoms with Crippen LogP contribution < -0.4 is 0 Å². The van der Waals surface area contributed by atoms with Crippen LogP contribution in [-0.4, -0.2) is 20.4 Å². The normalized spacial score (nSPS) is 11.1. The second-order valence-electron chi connectivity index (χ2n) is 23.9. The smallest absolute Gasteiger partial charge is 0.105 e. The molecular weight excluding hydrogens is 1190 g/mol. The van der Waals surface area contributed by atoms with E-state index in [-0.39, 0.29) is 0 Å². The van der Waals surface area contributed by atoms with Gasteiger partial charge in [0.1, 0.15) is 24.4 Å². The Morgan fingerprint density at radius 1 is 0.133 bits per heavy atom. The van der Waals surface area contributed by atoms with Crippen LogP contribution in [0.2, 0.25) is 0 Å². The van der Waals surface area contributed by atoms with Gasteiger partial charge in [0.05, 0.1) is 0 Å². The van der Waals surface area contributed by atoms with Gasteiger partial charge >= 0.3 is 0 Å². The minimum absolute atomic E-state index is 0.568. The highest BCUT2D eigenvalue weighted by Gasteiger charge is 2.20. The van der Waals surface area contributed by atoms with Crippen LogP contribution in [0.3, 0.4) is 0 Å². The summed E-state index contributed by atoms with van der Waals surface area (Å²) < 4.78 is 0. The van der Waals surface area contributed by atoms with Crippen molar-refractivity contribution in [2.45, 2.75) is 24.4 Å². The van der Waals surface area contributed by atoms with Gasteiger partial charge in [0.15, 0.2) is 0 Å². The van der Waals surface area contributed by atoms with Gasteiger partial charge in [0.25, 0.3) is 0 Å². The van der Waals surface area contributed by atoms with E-state index in [1.807, 2.05) is 255 Å². The second-order valence-corrected chi connectivity index (χ2v) is 23.9. The van der Waals surface area contributed by atoms with Crippen molar-refractivity contribution in [3.8, 4) is 77.9 Å². The SMILES string of the molecule is OC(c1ccc(-c2ccccc2)cc1)c1ccc(-c2ccccc2)cc1.OC(c1cccc(-c2ccccc2)c1)c1cccc(-c2ccccc2)c1.OC(c1ccccc1)c1ccc(-c2ccccc2)cc1.OC(c1ccccc1-c1ccccc1)c1ccccc1-c1ccccc1. The van der Waals surface area contributed by atoms with Crippen LogP contribution in [0.15, 0.2) is 413 Å². The molecule has 0 heterocycles. The molecule has 0 aliphatic carbocycles. The number of benzene rings is 15. The Hall–Kier alpha value is -11.9. The highest BCUT2D eigenvalue weighted by atomic mass is 16.3. The summed E-state index contributed by atoms with van der Waals surface area (Å²) in [6, 6.07) is 138. The molecule has 0 saturated carbocycles. The molecule has 0 aromatic heterocycles. The maximum Gasteiger partial charge on any atom is 0.105 e. The van der Waals surface area contributed by atoms with Gasteiger partial charge in [-0.2, -0.15) is 0 Å². The minimum atomic E-state index is -0.692. The maximum absolute atomic E-state index is 11.3. The van der Waals surface area contributed by atoms with Crippen LogP contribution in [-0.2, 0) is 0 Å². The largest absolute Gasteiger partial charge is 0.384 e. The lowest BCUT2D eigenvalue weighted by Gasteiger charge is -2.19. The molecule has 15 rings (SSSR count). The highest BCUT2D eigenvalue weighted by Crippen LogP contribution is 2.37. The number of aliphatic hydroxyl groups excluding tert-OH is 4. The zero-order valence-electron chi connectivity index (χ0n) is 54.4. The van der Waals surface area contributed by atoms with Crippen LogP contribution in [0.1, 0.15) is 68.9 Å². The van der Waals surface area contributed by atoms with Crippen molar-refractivity contribution in [3.63, 3.8) is 0 Å². The van der Waals surface area contributed by atoms with Crippen LogP contribution in [0.4, 0.5) is 0 Å². The van der Waals surface area contributed by atoms with E-state index in [1.54, 1.807) is 0 Å². The van der Waals surface area contributed by atoms with E-state index in [0.717, 1.165) is 106 Å². The third-order valence-corrected chi connectivity index (χ3v) is 17.4. The highest BCUT2D eigenvalue weighted by molar-refractivity contribution is 5.74. The second kappa shape index (κ2) is 33.5. The van der Waals surface area contributed by atoms with E-state index in [2.05, 4.69) is 158 Å². The van der Waals surface area contributed by atoms with Crippen molar-refractivity contribution in [2.75, 3.05) is 0 Å². The van der Waals surface area contributed by atoms with Crippen molar-refractivity contribution in [1.29, 1.82) is 0 Å². The molecule has 0 bridgehead atoms. The molecule has 0 fully saturated rings. The van der Waals surface area contributed by atoms with E-state index in [4.69, 9.17) is 0 Å². The number of hydrogen-bond donors (Lipinski definition) is 4. The fraction of sp³-hybridized carbons (Fsp3) is 0.0426. The fourth-order valence-corrected chi connectivity index (χ4v) is 12.1. The molecule has 0 saturated heterocycles. The molecule has 15 aromatic rings. The molecule has 0 spiro atoms. The first-order valence-corrected chi connectivity index (χ1v) is 33.1. The summed E-state index contributed by atoms with van der Waals surface area (Å²) in [6.07, 6.45) is -2.53. The molecule has 4 heteroatoms. The fourth-order valence-electron chi connectivity index (χ4n) is 12.1. The van der Waals surface area contributed by atoms with Gasteiger partial charge in [-0.15, -0.1) is 0 Å². The molecule has 476 valence electrons. The van der Waals surface area contributed by atoms with Crippen molar-refractivity contribution >= 4 is 0 Å². The van der Waals surface area contributed by atoms with E-state index in [9.17, 15) is 20.4 Å². The predicted octanol–water partition coefficient (Wildman–Crippen LogP) is 22.7. The number of rotatable bonds is 15. The van der Waals surface area contributed by atoms with Gasteiger partial charge in [-0.1, -0.05) is 400 Å². The van der Waals surface area contributed by atoms with Crippen LogP contribution >= 0.6 is 0 Å². The van der Waals surface area contributed by atoms with Crippen molar-refractivity contribution < 1.29 is 20.4 Å². The Morgan fingerprint density at radius 2 is 0.327 bits per heavy atom. The van der Waals surface area contributed by atoms with Gasteiger partial charge in [0.2, 0.25) is 0 Å². The van der Waals surface area contributed by atoms with Crippen LogP contribution in [0.5, 0.6) is 0 Å². The molecule has 15 aromatic carbocycles. The van der Waals surface area contributed by atoms with Gasteiger partial charge in [-0.25, -0.2) is 0 Å². The Morgan fingerprint density at radius 3 is 0.622 bits per heavy atom. The molecule has 0 aliphatic heterocycles. The van der Waals surface area contributed by atoms with Gasteiger partial charge in [-0.05, 0) is 135 Å². The topological polar surface area (TPSA) is 80.9 Å². The molecule has 1 unspecified atom stereocenters. The molecule has 4 nitrogen and oxygen atoms in total. The van der Waals surface area contributed by atoms with E-state index in [1.165, 1.54) is 16.7 Å². The molecule has 0 radical (unpaired) electrons. The summed E-state index contributed by atoms with van der Waals surface area (Å²) in [6.45, 7) is 0. The average molecular weight is 1270 g/mol. The van der Waals surface area contributed by atoms with Gasteiger partial charge < -0.3 is 20.4 Å². The Balaban J connectivity index is 0.000000125. The zero-order chi connectivity index (χ0) is 67.1. The lowest BCUT2D eigenvalue weighted by molar-refractivity contribution is 0.220. The van der Waals surface area contributed by atoms with Crippen molar-refractivity contribution in [1.82, 2.24) is 0 Å². The lowest BCUT2D eigenvalue weighted by atomic mass is 9.89. The summed E-state index contributed by atoms with van der Waals surface area (Å²) >= 11 is 0. The quantitative estimate of drug-likeness (QED) is 0.0825. The molecule has 0 amide bonds. The van der Waals surface area contributed by atoms with Crippen molar-refractivity contribution in [3.05, 3.63) is 457 Å². The predicted molar refractivity (Wildman–Crippen MR) is 406 cm³/mol. The Kier molecular flexibility index (Phi) is 22.6. The van der Waals surface area contributed by atoms with E-state index in [0.29, 0.717) is 0 Å². The Bertz CT molecular complexity index is 4600. The third-order valence-electron chi connectivity index (χ3n) is 17.4. The standard InChI is InChI=1S/3C25H20O.C19H16O/c26-25(23-17-9-7-15-21(23)19-11-3-1-4-12-19)24-18-10-8-16-22(24)20-13-5-2-6-14-20;26-25(23-15-7-13-21(17-23)19-9-3-1-4-10-19)24-16-8-14-22(18-24)20-11-5-2-6-12-20;26-25(23-15-11-21(12-16-23)19-7-3-1-4-8-19)24-17-13-22(14-18-24)20-9-5-2-6-10-20;20-19(17-9-5-2-6-10-17)18-13-11-16(12-14-18)15-7-3-1-4-8-15/h3*1-18,25-26H;1-14,19-20H. The summed E-state index contributed by atoms with van der Waals surface area (Å²) in [4.78, 5) is 0. The first kappa shape index (κ1) is 66.2. The minimum Gasteiger partial charge on any atom is -0.384 e. The average Bonchev–Trinajstić information content (AvgIpc) is 0.821. The maximum atomic E-state index is 11.3. The zero-order valence-corrected chi connectivity index (χ0v) is 54.4. The third kappa shape index (κ3) is 17.2. The van der Waals surface area contributed by atoms with E-state index >= 15 is 0 Å². The first-order valence-electron chi connectivity index (χ1n) is 33.1. The summed E-state index contributed by atoms with van der Waals surface area (Å²) in [5.74, 6) is 0. The van der Waals surface area contributed by atoms with E-state index < -0.39 is 24.4 Å². The monoisotopic (exact) mass is 1270 g/mol. The molecule has 4 N–H and O–H groups in total. The number of aliphatic hydroxyl groups is 4. The van der Waals surface area contributed by atoms with Gasteiger partial charge in [-0.3, -0.25) is 0 Å². The number of hydrogen-bond acceptors (Lipinski definition) is 4. The van der Waals surface area contributed by atoms with Gasteiger partial charge in [0, 0.05) is 0 Å². The summed E-state index contributed by atoms with van der Waals surface area (Å²) in [5.41, 5.74) is 23.2. The Labute approximate surface area is 576 Å². The van der Waals surface area contributed by atoms with Crippen LogP contribution in [0.25, 0.3) is 77.9 Å². The first-order chi connectivity index (χ1) is 48.3.